The van der Waals surface area contributed by atoms with Crippen molar-refractivity contribution in [2.24, 2.45) is 11.8 Å². The molecule has 1 aliphatic rings. The molecule has 4 heteroatoms. The first kappa shape index (κ1) is 6.58. The third-order valence-electron chi connectivity index (χ3n) is 1.44. The summed E-state index contributed by atoms with van der Waals surface area (Å²) >= 11 is 0. The van der Waals surface area contributed by atoms with Crippen molar-refractivity contribution in [1.82, 2.24) is 0 Å². The molecular weight excluding hydrogens is 133 g/mol. The van der Waals surface area contributed by atoms with Gasteiger partial charge in [0.05, 0.1) is 5.92 Å². The van der Waals surface area contributed by atoms with Gasteiger partial charge in [-0.05, 0) is 6.42 Å². The lowest BCUT2D eigenvalue weighted by Crippen LogP contribution is -2.11. The van der Waals surface area contributed by atoms with Crippen molar-refractivity contribution >= 4 is 6.29 Å². The van der Waals surface area contributed by atoms with Crippen LogP contribution in [-0.2, 0) is 4.79 Å². The first-order valence-corrected chi connectivity index (χ1v) is 2.57. The molecule has 0 bridgehead atoms. The van der Waals surface area contributed by atoms with Crippen molar-refractivity contribution in [2.75, 3.05) is 0 Å². The van der Waals surface area contributed by atoms with E-state index in [0.29, 0.717) is 6.29 Å². The molecule has 0 aromatic heterocycles. The van der Waals surface area contributed by atoms with Crippen molar-refractivity contribution in [3.8, 4) is 0 Å². The lowest BCUT2D eigenvalue weighted by Gasteiger charge is -2.00. The highest BCUT2D eigenvalue weighted by atomic mass is 19.4. The number of carbonyl (C=O) groups is 1. The summed E-state index contributed by atoms with van der Waals surface area (Å²) in [6, 6.07) is 0. The Hall–Kier alpha value is -0.540. The minimum Gasteiger partial charge on any atom is -0.303 e. The molecule has 0 heterocycles. The van der Waals surface area contributed by atoms with Crippen LogP contribution < -0.4 is 0 Å². The normalized spacial score (nSPS) is 34.1. The van der Waals surface area contributed by atoms with Gasteiger partial charge in [-0.1, -0.05) is 0 Å². The molecule has 9 heavy (non-hydrogen) atoms. The maximum absolute atomic E-state index is 11.5. The first-order chi connectivity index (χ1) is 4.05. The summed E-state index contributed by atoms with van der Waals surface area (Å²) < 4.78 is 34.6. The molecule has 0 aromatic rings. The van der Waals surface area contributed by atoms with Gasteiger partial charge in [-0.3, -0.25) is 0 Å². The summed E-state index contributed by atoms with van der Waals surface area (Å²) in [6.45, 7) is 0. The second kappa shape index (κ2) is 1.72. The summed E-state index contributed by atoms with van der Waals surface area (Å²) in [5.41, 5.74) is 0. The van der Waals surface area contributed by atoms with Crippen LogP contribution in [0.3, 0.4) is 0 Å². The highest BCUT2D eigenvalue weighted by molar-refractivity contribution is 5.58. The SMILES string of the molecule is O=C[C@@H]1C[C@@H]1C(F)(F)F. The van der Waals surface area contributed by atoms with Crippen LogP contribution in [0.2, 0.25) is 0 Å². The topological polar surface area (TPSA) is 17.1 Å². The third kappa shape index (κ3) is 1.23. The van der Waals surface area contributed by atoms with Crippen LogP contribution in [-0.4, -0.2) is 12.5 Å². The van der Waals surface area contributed by atoms with Gasteiger partial charge >= 0.3 is 6.18 Å². The highest BCUT2D eigenvalue weighted by Gasteiger charge is 2.55. The van der Waals surface area contributed by atoms with Crippen LogP contribution in [0.4, 0.5) is 13.2 Å². The third-order valence-corrected chi connectivity index (χ3v) is 1.44. The van der Waals surface area contributed by atoms with Gasteiger partial charge < -0.3 is 4.79 Å². The Balaban J connectivity index is 2.42. The van der Waals surface area contributed by atoms with E-state index in [4.69, 9.17) is 0 Å². The van der Waals surface area contributed by atoms with Crippen molar-refractivity contribution in [3.63, 3.8) is 0 Å². The van der Waals surface area contributed by atoms with Crippen LogP contribution in [0.25, 0.3) is 0 Å². The summed E-state index contributed by atoms with van der Waals surface area (Å²) in [6.07, 6.45) is -3.78. The highest BCUT2D eigenvalue weighted by Crippen LogP contribution is 2.48. The largest absolute Gasteiger partial charge is 0.392 e. The maximum Gasteiger partial charge on any atom is 0.392 e. The fourth-order valence-electron chi connectivity index (χ4n) is 0.741. The molecule has 0 aromatic carbocycles. The summed E-state index contributed by atoms with van der Waals surface area (Å²) in [7, 11) is 0. The van der Waals surface area contributed by atoms with Crippen molar-refractivity contribution in [2.45, 2.75) is 12.6 Å². The van der Waals surface area contributed by atoms with Gasteiger partial charge in [-0.15, -0.1) is 0 Å². The molecule has 2 atom stereocenters. The Morgan fingerprint density at radius 1 is 1.44 bits per heavy atom. The zero-order chi connectivity index (χ0) is 7.07. The van der Waals surface area contributed by atoms with E-state index in [9.17, 15) is 18.0 Å². The predicted octanol–water partition coefficient (Wildman–Crippen LogP) is 1.38. The van der Waals surface area contributed by atoms with E-state index in [1.165, 1.54) is 0 Å². The van der Waals surface area contributed by atoms with Crippen LogP contribution in [0.1, 0.15) is 6.42 Å². The predicted molar refractivity (Wildman–Crippen MR) is 23.7 cm³/mol. The number of rotatable bonds is 1. The Kier molecular flexibility index (Phi) is 1.26. The molecule has 0 amide bonds. The van der Waals surface area contributed by atoms with E-state index in [-0.39, 0.29) is 6.42 Å². The Labute approximate surface area is 49.9 Å². The molecule has 0 aliphatic heterocycles. The minimum absolute atomic E-state index is 0.00694. The zero-order valence-electron chi connectivity index (χ0n) is 4.48. The molecule has 52 valence electrons. The fourth-order valence-corrected chi connectivity index (χ4v) is 0.741. The van der Waals surface area contributed by atoms with E-state index >= 15 is 0 Å². The molecule has 0 spiro atoms. The smallest absolute Gasteiger partial charge is 0.303 e. The van der Waals surface area contributed by atoms with E-state index in [1.807, 2.05) is 0 Å². The monoisotopic (exact) mass is 138 g/mol. The molecule has 1 nitrogen and oxygen atoms in total. The van der Waals surface area contributed by atoms with Gasteiger partial charge in [-0.25, -0.2) is 0 Å². The Morgan fingerprint density at radius 3 is 2.11 bits per heavy atom. The van der Waals surface area contributed by atoms with Crippen LogP contribution in [0.5, 0.6) is 0 Å². The molecule has 0 radical (unpaired) electrons. The molecule has 0 unspecified atom stereocenters. The van der Waals surface area contributed by atoms with E-state index in [2.05, 4.69) is 0 Å². The second-order valence-corrected chi connectivity index (χ2v) is 2.18. The van der Waals surface area contributed by atoms with E-state index in [1.54, 1.807) is 0 Å². The molecule has 0 N–H and O–H groups in total. The number of halogens is 3. The number of aldehydes is 1. The number of carbonyl (C=O) groups excluding carboxylic acids is 1. The summed E-state index contributed by atoms with van der Waals surface area (Å²) in [5, 5.41) is 0. The van der Waals surface area contributed by atoms with Crippen molar-refractivity contribution < 1.29 is 18.0 Å². The van der Waals surface area contributed by atoms with E-state index in [0.717, 1.165) is 0 Å². The van der Waals surface area contributed by atoms with Crippen molar-refractivity contribution in [3.05, 3.63) is 0 Å². The van der Waals surface area contributed by atoms with Crippen LogP contribution >= 0.6 is 0 Å². The lowest BCUT2D eigenvalue weighted by molar-refractivity contribution is -0.152. The molecule has 1 aliphatic carbocycles. The number of alkyl halides is 3. The first-order valence-electron chi connectivity index (χ1n) is 2.57. The van der Waals surface area contributed by atoms with Crippen LogP contribution in [0, 0.1) is 11.8 Å². The summed E-state index contributed by atoms with van der Waals surface area (Å²) in [4.78, 5) is 9.72. The second-order valence-electron chi connectivity index (χ2n) is 2.18. The van der Waals surface area contributed by atoms with Gasteiger partial charge in [0.1, 0.15) is 6.29 Å². The lowest BCUT2D eigenvalue weighted by atomic mass is 10.3. The number of hydrogen-bond donors (Lipinski definition) is 0. The number of hydrogen-bond acceptors (Lipinski definition) is 1. The summed E-state index contributed by atoms with van der Waals surface area (Å²) in [5.74, 6) is -2.08. The van der Waals surface area contributed by atoms with Crippen molar-refractivity contribution in [1.29, 1.82) is 0 Å². The van der Waals surface area contributed by atoms with Gasteiger partial charge in [-0.2, -0.15) is 13.2 Å². The zero-order valence-corrected chi connectivity index (χ0v) is 4.48. The molecule has 1 rings (SSSR count). The fraction of sp³-hybridized carbons (Fsp3) is 0.800. The van der Waals surface area contributed by atoms with Gasteiger partial charge in [0.25, 0.3) is 0 Å². The molecule has 0 saturated heterocycles. The minimum atomic E-state index is -4.15. The van der Waals surface area contributed by atoms with E-state index < -0.39 is 18.0 Å². The molecular formula is C5H5F3O. The maximum atomic E-state index is 11.5. The van der Waals surface area contributed by atoms with Gasteiger partial charge in [0.2, 0.25) is 0 Å². The Morgan fingerprint density at radius 2 is 2.00 bits per heavy atom. The van der Waals surface area contributed by atoms with Crippen LogP contribution in [0.15, 0.2) is 0 Å². The van der Waals surface area contributed by atoms with Gasteiger partial charge in [0.15, 0.2) is 0 Å². The molecule has 1 saturated carbocycles. The standard InChI is InChI=1S/C5H5F3O/c6-5(7,8)4-1-3(4)2-9/h2-4H,1H2/t3-,4-/m0/s1. The quantitative estimate of drug-likeness (QED) is 0.500. The Bertz CT molecular complexity index is 129. The van der Waals surface area contributed by atoms with Gasteiger partial charge in [0, 0.05) is 5.92 Å². The molecule has 1 fully saturated rings. The average molecular weight is 138 g/mol. The average Bonchev–Trinajstić information content (AvgIpc) is 2.39.